The molecule has 0 saturated heterocycles. The molecule has 3 amide bonds. The highest BCUT2D eigenvalue weighted by molar-refractivity contribution is 6.02. The summed E-state index contributed by atoms with van der Waals surface area (Å²) in [7, 11) is 2.12. The Morgan fingerprint density at radius 2 is 1.73 bits per heavy atom. The molecule has 41 heavy (non-hydrogen) atoms. The maximum absolute atomic E-state index is 15.2. The van der Waals surface area contributed by atoms with Crippen molar-refractivity contribution < 1.29 is 14.0 Å². The highest BCUT2D eigenvalue weighted by atomic mass is 19.1. The van der Waals surface area contributed by atoms with Gasteiger partial charge < -0.3 is 20.9 Å². The summed E-state index contributed by atoms with van der Waals surface area (Å²) in [5, 5.41) is 13.2. The Labute approximate surface area is 238 Å². The number of rotatable bonds is 4. The first-order valence-electron chi connectivity index (χ1n) is 13.8. The number of hydrogen-bond donors (Lipinski definition) is 3. The Kier molecular flexibility index (Phi) is 6.62. The number of nitrogens with zero attached hydrogens (tertiary/aromatic N) is 3. The number of carbonyl (C=O) groups is 2. The van der Waals surface area contributed by atoms with Crippen LogP contribution in [-0.2, 0) is 25.0 Å². The number of carbonyl (C=O) groups excluding carboxylic acids is 2. The third kappa shape index (κ3) is 5.20. The van der Waals surface area contributed by atoms with Crippen molar-refractivity contribution >= 4 is 23.3 Å². The Bertz CT molecular complexity index is 1690. The van der Waals surface area contributed by atoms with Crippen molar-refractivity contribution in [2.24, 2.45) is 0 Å². The van der Waals surface area contributed by atoms with Gasteiger partial charge in [-0.1, -0.05) is 30.3 Å². The zero-order valence-electron chi connectivity index (χ0n) is 23.6. The fourth-order valence-electron chi connectivity index (χ4n) is 5.45. The summed E-state index contributed by atoms with van der Waals surface area (Å²) >= 11 is 0. The van der Waals surface area contributed by atoms with E-state index in [1.165, 1.54) is 23.3 Å². The molecular weight excluding hydrogens is 519 g/mol. The Morgan fingerprint density at radius 1 is 0.976 bits per heavy atom. The molecule has 0 fully saturated rings. The van der Waals surface area contributed by atoms with E-state index in [9.17, 15) is 9.59 Å². The van der Waals surface area contributed by atoms with Gasteiger partial charge in [-0.3, -0.25) is 9.48 Å². The quantitative estimate of drug-likeness (QED) is 0.290. The molecule has 3 aromatic carbocycles. The van der Waals surface area contributed by atoms with Crippen molar-refractivity contribution in [2.45, 2.75) is 45.8 Å². The van der Waals surface area contributed by atoms with Gasteiger partial charge in [-0.05, 0) is 86.3 Å². The predicted molar refractivity (Wildman–Crippen MR) is 158 cm³/mol. The van der Waals surface area contributed by atoms with E-state index >= 15 is 4.39 Å². The van der Waals surface area contributed by atoms with Crippen molar-refractivity contribution in [3.8, 4) is 22.4 Å². The minimum absolute atomic E-state index is 0.0516. The summed E-state index contributed by atoms with van der Waals surface area (Å²) < 4.78 is 17.0. The number of aromatic nitrogens is 2. The van der Waals surface area contributed by atoms with Crippen LogP contribution in [0.15, 0.2) is 60.8 Å². The number of nitrogens with one attached hydrogen (secondary N) is 3. The lowest BCUT2D eigenvalue weighted by molar-refractivity contribution is 0.0965. The van der Waals surface area contributed by atoms with Crippen LogP contribution in [0, 0.1) is 5.82 Å². The van der Waals surface area contributed by atoms with E-state index in [-0.39, 0.29) is 17.1 Å². The van der Waals surface area contributed by atoms with Crippen LogP contribution in [0.2, 0.25) is 0 Å². The topological polar surface area (TPSA) is 91.3 Å². The molecule has 4 aromatic rings. The number of urea groups is 1. The summed E-state index contributed by atoms with van der Waals surface area (Å²) in [5.41, 5.74) is 7.31. The number of fused-ring (bicyclic) bond motifs is 2. The summed E-state index contributed by atoms with van der Waals surface area (Å²) in [4.78, 5) is 27.4. The molecule has 0 bridgehead atoms. The van der Waals surface area contributed by atoms with Gasteiger partial charge in [-0.25, -0.2) is 9.18 Å². The summed E-state index contributed by atoms with van der Waals surface area (Å²) in [6.07, 6.45) is 2.77. The first kappa shape index (κ1) is 26.7. The molecule has 0 aliphatic carbocycles. The van der Waals surface area contributed by atoms with E-state index in [2.05, 4.69) is 40.0 Å². The normalized spacial score (nSPS) is 14.8. The first-order valence-corrected chi connectivity index (χ1v) is 13.8. The number of amides is 3. The zero-order chi connectivity index (χ0) is 28.9. The Hall–Kier alpha value is -4.50. The predicted octanol–water partition coefficient (Wildman–Crippen LogP) is 5.99. The molecule has 0 atom stereocenters. The zero-order valence-corrected chi connectivity index (χ0v) is 23.6. The van der Waals surface area contributed by atoms with Crippen LogP contribution in [0.1, 0.15) is 47.8 Å². The standard InChI is InChI=1S/C32H33FN6O2/c1-32(2,3)39-18-28(29(37-39)21-8-9-22-17-38(4)13-12-19(22)14-21)36-31(41)35-27-11-10-20(15-26(27)33)23-6-5-7-24-25(23)16-34-30(24)40/h5-11,14-15,18H,12-13,16-17H2,1-4H3,(H,34,40)(H2,35,36,41). The van der Waals surface area contributed by atoms with Gasteiger partial charge >= 0.3 is 6.03 Å². The molecule has 8 nitrogen and oxygen atoms in total. The number of likely N-dealkylation sites (N-methyl/N-ethyl adjacent to an activating group) is 1. The van der Waals surface area contributed by atoms with Crippen LogP contribution >= 0.6 is 0 Å². The van der Waals surface area contributed by atoms with Crippen molar-refractivity contribution in [3.05, 3.63) is 88.9 Å². The van der Waals surface area contributed by atoms with Gasteiger partial charge in [0.05, 0.1) is 16.9 Å². The fourth-order valence-corrected chi connectivity index (χ4v) is 5.45. The second-order valence-electron chi connectivity index (χ2n) is 11.8. The van der Waals surface area contributed by atoms with Gasteiger partial charge in [0, 0.05) is 37.0 Å². The van der Waals surface area contributed by atoms with Crippen molar-refractivity contribution in [1.82, 2.24) is 20.0 Å². The molecule has 2 aliphatic rings. The summed E-state index contributed by atoms with van der Waals surface area (Å²) in [6.45, 7) is 8.43. The van der Waals surface area contributed by atoms with E-state index in [1.54, 1.807) is 18.2 Å². The maximum atomic E-state index is 15.2. The van der Waals surface area contributed by atoms with Gasteiger partial charge in [0.15, 0.2) is 0 Å². The molecular formula is C32H33FN6O2. The van der Waals surface area contributed by atoms with Crippen molar-refractivity contribution in [3.63, 3.8) is 0 Å². The van der Waals surface area contributed by atoms with Crippen molar-refractivity contribution in [2.75, 3.05) is 24.2 Å². The summed E-state index contributed by atoms with van der Waals surface area (Å²) in [5.74, 6) is -0.702. The highest BCUT2D eigenvalue weighted by Crippen LogP contribution is 2.33. The van der Waals surface area contributed by atoms with Crippen LogP contribution in [0.3, 0.4) is 0 Å². The summed E-state index contributed by atoms with van der Waals surface area (Å²) in [6, 6.07) is 15.8. The van der Waals surface area contributed by atoms with Crippen LogP contribution in [-0.4, -0.2) is 40.2 Å². The molecule has 2 aliphatic heterocycles. The second-order valence-corrected chi connectivity index (χ2v) is 11.8. The lowest BCUT2D eigenvalue weighted by atomic mass is 9.96. The van der Waals surface area contributed by atoms with Crippen LogP contribution in [0.4, 0.5) is 20.6 Å². The lowest BCUT2D eigenvalue weighted by Crippen LogP contribution is -2.26. The van der Waals surface area contributed by atoms with E-state index in [0.717, 1.165) is 36.2 Å². The fraction of sp³-hybridized carbons (Fsp3) is 0.281. The van der Waals surface area contributed by atoms with Gasteiger partial charge in [-0.2, -0.15) is 5.10 Å². The number of anilines is 2. The van der Waals surface area contributed by atoms with E-state index in [0.29, 0.717) is 29.1 Å². The van der Waals surface area contributed by atoms with E-state index < -0.39 is 11.8 Å². The molecule has 0 unspecified atom stereocenters. The number of benzene rings is 3. The average molecular weight is 553 g/mol. The highest BCUT2D eigenvalue weighted by Gasteiger charge is 2.24. The van der Waals surface area contributed by atoms with E-state index in [1.807, 2.05) is 43.8 Å². The van der Waals surface area contributed by atoms with Crippen molar-refractivity contribution in [1.29, 1.82) is 0 Å². The smallest absolute Gasteiger partial charge is 0.323 e. The minimum atomic E-state index is -0.571. The minimum Gasteiger partial charge on any atom is -0.348 e. The molecule has 3 heterocycles. The van der Waals surface area contributed by atoms with Gasteiger partial charge in [0.2, 0.25) is 0 Å². The first-order chi connectivity index (χ1) is 19.6. The maximum Gasteiger partial charge on any atom is 0.323 e. The SMILES string of the molecule is CN1CCc2cc(-c3nn(C(C)(C)C)cc3NC(=O)Nc3ccc(-c4cccc5c4CNC5=O)cc3F)ccc2C1. The average Bonchev–Trinajstić information content (AvgIpc) is 3.53. The Balaban J connectivity index is 1.25. The largest absolute Gasteiger partial charge is 0.348 e. The van der Waals surface area contributed by atoms with Gasteiger partial charge in [0.25, 0.3) is 5.91 Å². The molecule has 6 rings (SSSR count). The lowest BCUT2D eigenvalue weighted by Gasteiger charge is -2.25. The van der Waals surface area contributed by atoms with Crippen LogP contribution < -0.4 is 16.0 Å². The molecule has 9 heteroatoms. The monoisotopic (exact) mass is 552 g/mol. The van der Waals surface area contributed by atoms with E-state index in [4.69, 9.17) is 5.10 Å². The number of hydrogen-bond acceptors (Lipinski definition) is 4. The molecule has 0 saturated carbocycles. The number of halogens is 1. The molecule has 1 aromatic heterocycles. The molecule has 0 radical (unpaired) electrons. The van der Waals surface area contributed by atoms with Gasteiger partial charge in [0.1, 0.15) is 11.5 Å². The molecule has 3 N–H and O–H groups in total. The Morgan fingerprint density at radius 3 is 2.51 bits per heavy atom. The third-order valence-corrected chi connectivity index (χ3v) is 7.71. The van der Waals surface area contributed by atoms with Gasteiger partial charge in [-0.15, -0.1) is 0 Å². The third-order valence-electron chi connectivity index (χ3n) is 7.71. The molecule has 210 valence electrons. The van der Waals surface area contributed by atoms with Crippen LogP contribution in [0.25, 0.3) is 22.4 Å². The van der Waals surface area contributed by atoms with Crippen LogP contribution in [0.5, 0.6) is 0 Å². The molecule has 0 spiro atoms. The second kappa shape index (κ2) is 10.2.